The van der Waals surface area contributed by atoms with Gasteiger partial charge in [0.1, 0.15) is 0 Å². The quantitative estimate of drug-likeness (QED) is 0.655. The van der Waals surface area contributed by atoms with E-state index < -0.39 is 10.0 Å². The standard InChI is InChI=1S/C22H22N2O3S/c1-17-16-18(22(25)23(2)19-10-6-4-7-11-19)14-15-21(17)24(3)28(26,27)20-12-8-5-9-13-20/h4-16H,1-3H3. The molecule has 1 amide bonds. The van der Waals surface area contributed by atoms with E-state index >= 15 is 0 Å². The lowest BCUT2D eigenvalue weighted by molar-refractivity contribution is 0.0993. The third kappa shape index (κ3) is 3.77. The third-order valence-corrected chi connectivity index (χ3v) is 6.42. The van der Waals surface area contributed by atoms with Crippen LogP contribution in [0.2, 0.25) is 0 Å². The minimum Gasteiger partial charge on any atom is -0.311 e. The summed E-state index contributed by atoms with van der Waals surface area (Å²) in [6.45, 7) is 1.80. The van der Waals surface area contributed by atoms with Crippen molar-refractivity contribution in [1.29, 1.82) is 0 Å². The summed E-state index contributed by atoms with van der Waals surface area (Å²) in [4.78, 5) is 14.6. The highest BCUT2D eigenvalue weighted by molar-refractivity contribution is 7.92. The Morgan fingerprint density at radius 2 is 1.39 bits per heavy atom. The zero-order valence-corrected chi connectivity index (χ0v) is 16.8. The molecule has 0 saturated heterocycles. The van der Waals surface area contributed by atoms with Crippen molar-refractivity contribution in [3.63, 3.8) is 0 Å². The Morgan fingerprint density at radius 1 is 0.821 bits per heavy atom. The molecule has 0 spiro atoms. The van der Waals surface area contributed by atoms with Crippen LogP contribution in [0.3, 0.4) is 0 Å². The number of nitrogens with zero attached hydrogens (tertiary/aromatic N) is 2. The fraction of sp³-hybridized carbons (Fsp3) is 0.136. The molecular weight excluding hydrogens is 372 g/mol. The summed E-state index contributed by atoms with van der Waals surface area (Å²) in [6.07, 6.45) is 0. The average molecular weight is 394 g/mol. The number of hydrogen-bond donors (Lipinski definition) is 0. The molecule has 0 saturated carbocycles. The first-order valence-electron chi connectivity index (χ1n) is 8.80. The van der Waals surface area contributed by atoms with Gasteiger partial charge in [-0.15, -0.1) is 0 Å². The number of sulfonamides is 1. The molecule has 0 heterocycles. The SMILES string of the molecule is Cc1cc(C(=O)N(C)c2ccccc2)ccc1N(C)S(=O)(=O)c1ccccc1. The van der Waals surface area contributed by atoms with Crippen molar-refractivity contribution >= 4 is 27.3 Å². The topological polar surface area (TPSA) is 57.7 Å². The van der Waals surface area contributed by atoms with Crippen LogP contribution in [-0.2, 0) is 10.0 Å². The largest absolute Gasteiger partial charge is 0.311 e. The highest BCUT2D eigenvalue weighted by Crippen LogP contribution is 2.27. The molecule has 3 rings (SSSR count). The average Bonchev–Trinajstić information content (AvgIpc) is 2.73. The lowest BCUT2D eigenvalue weighted by Gasteiger charge is -2.23. The smallest absolute Gasteiger partial charge is 0.264 e. The van der Waals surface area contributed by atoms with Crippen LogP contribution < -0.4 is 9.21 Å². The Morgan fingerprint density at radius 3 is 1.96 bits per heavy atom. The Labute approximate surface area is 165 Å². The normalized spacial score (nSPS) is 11.1. The van der Waals surface area contributed by atoms with Gasteiger partial charge in [0.2, 0.25) is 0 Å². The molecule has 3 aromatic rings. The number of aryl methyl sites for hydroxylation is 1. The number of hydrogen-bond acceptors (Lipinski definition) is 3. The van der Waals surface area contributed by atoms with E-state index in [9.17, 15) is 13.2 Å². The van der Waals surface area contributed by atoms with Gasteiger partial charge in [-0.1, -0.05) is 36.4 Å². The summed E-state index contributed by atoms with van der Waals surface area (Å²) < 4.78 is 26.9. The van der Waals surface area contributed by atoms with Crippen molar-refractivity contribution in [2.75, 3.05) is 23.3 Å². The van der Waals surface area contributed by atoms with E-state index in [0.717, 1.165) is 5.69 Å². The van der Waals surface area contributed by atoms with E-state index in [-0.39, 0.29) is 10.8 Å². The van der Waals surface area contributed by atoms with Gasteiger partial charge < -0.3 is 4.90 Å². The minimum absolute atomic E-state index is 0.158. The van der Waals surface area contributed by atoms with E-state index in [1.807, 2.05) is 30.3 Å². The first-order valence-corrected chi connectivity index (χ1v) is 10.2. The number of carbonyl (C=O) groups is 1. The Kier molecular flexibility index (Phi) is 5.51. The molecule has 3 aromatic carbocycles. The predicted molar refractivity (Wildman–Crippen MR) is 112 cm³/mol. The van der Waals surface area contributed by atoms with Crippen LogP contribution >= 0.6 is 0 Å². The molecule has 0 aliphatic carbocycles. The third-order valence-electron chi connectivity index (χ3n) is 4.63. The van der Waals surface area contributed by atoms with Crippen molar-refractivity contribution in [2.24, 2.45) is 0 Å². The van der Waals surface area contributed by atoms with Crippen LogP contribution in [0.4, 0.5) is 11.4 Å². The van der Waals surface area contributed by atoms with Crippen molar-refractivity contribution in [3.8, 4) is 0 Å². The van der Waals surface area contributed by atoms with E-state index in [4.69, 9.17) is 0 Å². The second-order valence-electron chi connectivity index (χ2n) is 6.49. The maximum atomic E-state index is 12.8. The van der Waals surface area contributed by atoms with Crippen LogP contribution in [0, 0.1) is 6.92 Å². The molecule has 0 unspecified atom stereocenters. The molecule has 5 nitrogen and oxygen atoms in total. The second-order valence-corrected chi connectivity index (χ2v) is 8.46. The molecule has 0 N–H and O–H groups in total. The molecular formula is C22H22N2O3S. The number of carbonyl (C=O) groups excluding carboxylic acids is 1. The van der Waals surface area contributed by atoms with Gasteiger partial charge in [0.05, 0.1) is 10.6 Å². The molecule has 0 aliphatic rings. The number of para-hydroxylation sites is 1. The summed E-state index contributed by atoms with van der Waals surface area (Å²) >= 11 is 0. The molecule has 28 heavy (non-hydrogen) atoms. The number of anilines is 2. The second kappa shape index (κ2) is 7.86. The molecule has 0 fully saturated rings. The maximum absolute atomic E-state index is 12.8. The molecule has 0 aromatic heterocycles. The zero-order valence-electron chi connectivity index (χ0n) is 16.0. The van der Waals surface area contributed by atoms with Crippen molar-refractivity contribution in [2.45, 2.75) is 11.8 Å². The van der Waals surface area contributed by atoms with E-state index in [2.05, 4.69) is 0 Å². The van der Waals surface area contributed by atoms with Crippen LogP contribution in [0.5, 0.6) is 0 Å². The Balaban J connectivity index is 1.89. The highest BCUT2D eigenvalue weighted by Gasteiger charge is 2.23. The van der Waals surface area contributed by atoms with E-state index in [1.165, 1.54) is 11.4 Å². The lowest BCUT2D eigenvalue weighted by Crippen LogP contribution is -2.28. The van der Waals surface area contributed by atoms with Gasteiger partial charge in [-0.3, -0.25) is 9.10 Å². The Bertz CT molecular complexity index is 1080. The monoisotopic (exact) mass is 394 g/mol. The van der Waals surface area contributed by atoms with Crippen LogP contribution in [0.1, 0.15) is 15.9 Å². The summed E-state index contributed by atoms with van der Waals surface area (Å²) in [6, 6.07) is 22.7. The number of benzene rings is 3. The fourth-order valence-corrected chi connectivity index (χ4v) is 4.27. The molecule has 0 radical (unpaired) electrons. The number of amides is 1. The van der Waals surface area contributed by atoms with Gasteiger partial charge in [0.25, 0.3) is 15.9 Å². The maximum Gasteiger partial charge on any atom is 0.264 e. The van der Waals surface area contributed by atoms with Crippen LogP contribution in [-0.4, -0.2) is 28.4 Å². The predicted octanol–water partition coefficient (Wildman–Crippen LogP) is 4.10. The van der Waals surface area contributed by atoms with Gasteiger partial charge in [0, 0.05) is 25.3 Å². The van der Waals surface area contributed by atoms with Crippen molar-refractivity contribution in [3.05, 3.63) is 90.0 Å². The van der Waals surface area contributed by atoms with Gasteiger partial charge in [-0.2, -0.15) is 0 Å². The van der Waals surface area contributed by atoms with Gasteiger partial charge in [0.15, 0.2) is 0 Å². The van der Waals surface area contributed by atoms with Gasteiger partial charge >= 0.3 is 0 Å². The first-order chi connectivity index (χ1) is 13.3. The molecule has 144 valence electrons. The summed E-state index contributed by atoms with van der Waals surface area (Å²) in [7, 11) is -0.438. The zero-order chi connectivity index (χ0) is 20.3. The van der Waals surface area contributed by atoms with E-state index in [0.29, 0.717) is 16.8 Å². The van der Waals surface area contributed by atoms with Crippen LogP contribution in [0.15, 0.2) is 83.8 Å². The molecule has 0 atom stereocenters. The van der Waals surface area contributed by atoms with Crippen molar-refractivity contribution < 1.29 is 13.2 Å². The van der Waals surface area contributed by atoms with Gasteiger partial charge in [-0.05, 0) is 55.0 Å². The first kappa shape index (κ1) is 19.6. The summed E-state index contributed by atoms with van der Waals surface area (Å²) in [5, 5.41) is 0. The van der Waals surface area contributed by atoms with Crippen LogP contribution in [0.25, 0.3) is 0 Å². The number of rotatable bonds is 5. The summed E-state index contributed by atoms with van der Waals surface area (Å²) in [5.41, 5.74) is 2.52. The molecule has 6 heteroatoms. The molecule has 0 bridgehead atoms. The minimum atomic E-state index is -3.67. The lowest BCUT2D eigenvalue weighted by atomic mass is 10.1. The molecule has 0 aliphatic heterocycles. The van der Waals surface area contributed by atoms with Gasteiger partial charge in [-0.25, -0.2) is 8.42 Å². The van der Waals surface area contributed by atoms with E-state index in [1.54, 1.807) is 67.4 Å². The van der Waals surface area contributed by atoms with Crippen molar-refractivity contribution in [1.82, 2.24) is 0 Å². The Hall–Kier alpha value is -3.12. The fourth-order valence-electron chi connectivity index (χ4n) is 2.98. The highest BCUT2D eigenvalue weighted by atomic mass is 32.2. The summed E-state index contributed by atoms with van der Waals surface area (Å²) in [5.74, 6) is -0.158.